The summed E-state index contributed by atoms with van der Waals surface area (Å²) in [6, 6.07) is 10.7. The smallest absolute Gasteiger partial charge is 0.345 e. The maximum atomic E-state index is 12.2. The molecule has 2 N–H and O–H groups in total. The molecule has 0 saturated carbocycles. The van der Waals surface area contributed by atoms with Crippen LogP contribution in [-0.4, -0.2) is 16.9 Å². The summed E-state index contributed by atoms with van der Waals surface area (Å²) in [6.07, 6.45) is 1.53. The van der Waals surface area contributed by atoms with Crippen LogP contribution in [0.2, 0.25) is 0 Å². The molecule has 0 saturated heterocycles. The summed E-state index contributed by atoms with van der Waals surface area (Å²) in [5.74, 6) is -2.03. The minimum atomic E-state index is -1.32. The van der Waals surface area contributed by atoms with Gasteiger partial charge in [-0.3, -0.25) is 4.79 Å². The van der Waals surface area contributed by atoms with Crippen molar-refractivity contribution < 1.29 is 19.4 Å². The van der Waals surface area contributed by atoms with Gasteiger partial charge in [-0.15, -0.1) is 0 Å². The predicted molar refractivity (Wildman–Crippen MR) is 83.1 cm³/mol. The fourth-order valence-corrected chi connectivity index (χ4v) is 2.59. The second kappa shape index (κ2) is 5.87. The van der Waals surface area contributed by atoms with Gasteiger partial charge in [0.15, 0.2) is 11.3 Å². The Hall–Kier alpha value is -2.86. The van der Waals surface area contributed by atoms with E-state index in [0.717, 1.165) is 5.56 Å². The molecule has 1 aromatic heterocycles. The average Bonchev–Trinajstić information content (AvgIpc) is 3.09. The fraction of sp³-hybridized carbons (Fsp3) is 0. The highest BCUT2D eigenvalue weighted by Crippen LogP contribution is 2.28. The van der Waals surface area contributed by atoms with Gasteiger partial charge < -0.3 is 15.2 Å². The van der Waals surface area contributed by atoms with Crippen molar-refractivity contribution in [3.05, 3.63) is 69.9 Å². The Morgan fingerprint density at radius 3 is 2.64 bits per heavy atom. The Morgan fingerprint density at radius 1 is 1.23 bits per heavy atom. The zero-order chi connectivity index (χ0) is 15.5. The summed E-state index contributed by atoms with van der Waals surface area (Å²) >= 11 is 1.48. The lowest BCUT2D eigenvalue weighted by Gasteiger charge is -2.07. The molecule has 2 aromatic rings. The van der Waals surface area contributed by atoms with Crippen LogP contribution in [-0.2, 0) is 14.3 Å². The number of benzene rings is 1. The van der Waals surface area contributed by atoms with E-state index in [4.69, 9.17) is 4.74 Å². The first-order valence-corrected chi connectivity index (χ1v) is 7.35. The molecular weight excluding hydrogens is 302 g/mol. The molecule has 3 rings (SSSR count). The number of carbonyl (C=O) groups is 2. The van der Waals surface area contributed by atoms with E-state index in [0.29, 0.717) is 5.69 Å². The Morgan fingerprint density at radius 2 is 2.00 bits per heavy atom. The number of anilines is 1. The van der Waals surface area contributed by atoms with E-state index in [1.54, 1.807) is 24.3 Å². The second-order valence-corrected chi connectivity index (χ2v) is 5.28. The number of para-hydroxylation sites is 1. The van der Waals surface area contributed by atoms with Gasteiger partial charge in [0, 0.05) is 5.69 Å². The van der Waals surface area contributed by atoms with Gasteiger partial charge >= 0.3 is 5.97 Å². The topological polar surface area (TPSA) is 75.6 Å². The van der Waals surface area contributed by atoms with Crippen molar-refractivity contribution in [2.45, 2.75) is 0 Å². The first kappa shape index (κ1) is 14.1. The second-order valence-electron chi connectivity index (χ2n) is 4.50. The van der Waals surface area contributed by atoms with Crippen LogP contribution < -0.4 is 5.32 Å². The number of carbonyl (C=O) groups excluding carboxylic acids is 1. The summed E-state index contributed by atoms with van der Waals surface area (Å²) in [7, 11) is 0. The molecule has 1 aromatic carbocycles. The van der Waals surface area contributed by atoms with Crippen molar-refractivity contribution in [3.63, 3.8) is 0 Å². The van der Waals surface area contributed by atoms with Gasteiger partial charge in [-0.05, 0) is 40.6 Å². The summed E-state index contributed by atoms with van der Waals surface area (Å²) < 4.78 is 5.43. The van der Waals surface area contributed by atoms with Crippen LogP contribution in [0.5, 0.6) is 0 Å². The Bertz CT molecular complexity index is 776. The molecule has 0 unspecified atom stereocenters. The number of rotatable bonds is 4. The van der Waals surface area contributed by atoms with Gasteiger partial charge in [-0.2, -0.15) is 11.3 Å². The normalized spacial score (nSPS) is 16.0. The van der Waals surface area contributed by atoms with E-state index in [9.17, 15) is 14.7 Å². The van der Waals surface area contributed by atoms with Gasteiger partial charge in [0.2, 0.25) is 11.7 Å². The first-order valence-electron chi connectivity index (χ1n) is 6.41. The highest BCUT2D eigenvalue weighted by atomic mass is 32.1. The molecule has 2 heterocycles. The number of Topliss-reactive ketones (excluding diaryl/α,β-unsaturated/α-hetero) is 1. The quantitative estimate of drug-likeness (QED) is 0.670. The first-order chi connectivity index (χ1) is 10.6. The third-order valence-corrected chi connectivity index (χ3v) is 3.68. The van der Waals surface area contributed by atoms with Crippen LogP contribution in [0.3, 0.4) is 0 Å². The molecule has 5 nitrogen and oxygen atoms in total. The Balaban J connectivity index is 1.92. The van der Waals surface area contributed by atoms with E-state index in [2.05, 4.69) is 5.32 Å². The molecule has 110 valence electrons. The molecular formula is C16H11NO4S. The van der Waals surface area contributed by atoms with Crippen LogP contribution >= 0.6 is 11.3 Å². The van der Waals surface area contributed by atoms with Crippen molar-refractivity contribution in [2.24, 2.45) is 0 Å². The molecule has 0 radical (unpaired) electrons. The van der Waals surface area contributed by atoms with Crippen LogP contribution in [0.1, 0.15) is 5.56 Å². The number of allylic oxidation sites excluding steroid dienone is 1. The van der Waals surface area contributed by atoms with Crippen molar-refractivity contribution in [1.29, 1.82) is 0 Å². The molecule has 6 heteroatoms. The molecule has 0 atom stereocenters. The monoisotopic (exact) mass is 313 g/mol. The number of carboxylic acids is 1. The molecule has 1 aliphatic heterocycles. The Labute approximate surface area is 130 Å². The number of nitrogens with one attached hydrogen (secondary N) is 1. The Kier molecular flexibility index (Phi) is 3.76. The predicted octanol–water partition coefficient (Wildman–Crippen LogP) is 3.10. The third kappa shape index (κ3) is 2.77. The molecule has 0 spiro atoms. The van der Waals surface area contributed by atoms with Crippen molar-refractivity contribution in [2.75, 3.05) is 5.32 Å². The molecule has 1 aliphatic rings. The summed E-state index contributed by atoms with van der Waals surface area (Å²) in [5, 5.41) is 15.8. The van der Waals surface area contributed by atoms with Crippen molar-refractivity contribution in [1.82, 2.24) is 0 Å². The highest BCUT2D eigenvalue weighted by molar-refractivity contribution is 7.08. The average molecular weight is 313 g/mol. The number of carboxylic acid groups (broad SMARTS) is 1. The SMILES string of the molecule is O=C(O)C1=C(Nc2ccccc2)O/C(=C\c2ccsc2)C1=O. The van der Waals surface area contributed by atoms with Gasteiger partial charge in [0.25, 0.3) is 0 Å². The molecule has 22 heavy (non-hydrogen) atoms. The largest absolute Gasteiger partial charge is 0.477 e. The van der Waals surface area contributed by atoms with Gasteiger partial charge in [-0.25, -0.2) is 4.79 Å². The van der Waals surface area contributed by atoms with Crippen LogP contribution in [0.4, 0.5) is 5.69 Å². The van der Waals surface area contributed by atoms with Gasteiger partial charge in [-0.1, -0.05) is 18.2 Å². The number of hydrogen-bond acceptors (Lipinski definition) is 5. The van der Waals surface area contributed by atoms with Gasteiger partial charge in [0.05, 0.1) is 0 Å². The molecule has 0 fully saturated rings. The standard InChI is InChI=1S/C16H11NO4S/c18-14-12(8-10-6-7-22-9-10)21-15(13(14)16(19)20)17-11-4-2-1-3-5-11/h1-9,17H,(H,19,20)/b12-8-. The minimum absolute atomic E-state index is 0.00534. The summed E-state index contributed by atoms with van der Waals surface area (Å²) in [5.41, 5.74) is 1.03. The highest BCUT2D eigenvalue weighted by Gasteiger charge is 2.35. The van der Waals surface area contributed by atoms with Crippen LogP contribution in [0.15, 0.2) is 64.4 Å². The van der Waals surface area contributed by atoms with Crippen molar-refractivity contribution in [3.8, 4) is 0 Å². The number of ether oxygens (including phenoxy) is 1. The molecule has 0 bridgehead atoms. The van der Waals surface area contributed by atoms with E-state index in [1.165, 1.54) is 17.4 Å². The fourth-order valence-electron chi connectivity index (χ4n) is 1.97. The zero-order valence-corrected chi connectivity index (χ0v) is 12.1. The third-order valence-electron chi connectivity index (χ3n) is 2.98. The summed E-state index contributed by atoms with van der Waals surface area (Å²) in [6.45, 7) is 0. The van der Waals surface area contributed by atoms with E-state index < -0.39 is 17.3 Å². The van der Waals surface area contributed by atoms with Crippen molar-refractivity contribution >= 4 is 34.9 Å². The summed E-state index contributed by atoms with van der Waals surface area (Å²) in [4.78, 5) is 23.5. The zero-order valence-electron chi connectivity index (χ0n) is 11.3. The molecule has 0 amide bonds. The van der Waals surface area contributed by atoms with E-state index in [1.807, 2.05) is 22.9 Å². The van der Waals surface area contributed by atoms with Crippen LogP contribution in [0.25, 0.3) is 6.08 Å². The van der Waals surface area contributed by atoms with E-state index >= 15 is 0 Å². The minimum Gasteiger partial charge on any atom is -0.477 e. The van der Waals surface area contributed by atoms with E-state index in [-0.39, 0.29) is 11.6 Å². The maximum Gasteiger partial charge on any atom is 0.345 e. The number of thiophene rings is 1. The van der Waals surface area contributed by atoms with Crippen LogP contribution in [0, 0.1) is 0 Å². The number of aliphatic carboxylic acids is 1. The number of hydrogen-bond donors (Lipinski definition) is 2. The maximum absolute atomic E-state index is 12.2. The lowest BCUT2D eigenvalue weighted by atomic mass is 10.1. The molecule has 0 aliphatic carbocycles. The number of ketones is 1. The lowest BCUT2D eigenvalue weighted by Crippen LogP contribution is -2.12. The van der Waals surface area contributed by atoms with Gasteiger partial charge in [0.1, 0.15) is 0 Å². The lowest BCUT2D eigenvalue weighted by molar-refractivity contribution is -0.134.